The van der Waals surface area contributed by atoms with Crippen molar-refractivity contribution in [2.75, 3.05) is 13.2 Å². The molecule has 0 aliphatic heterocycles. The first-order valence-corrected chi connectivity index (χ1v) is 7.49. The van der Waals surface area contributed by atoms with Crippen LogP contribution in [0.4, 0.5) is 0 Å². The summed E-state index contributed by atoms with van der Waals surface area (Å²) in [5, 5.41) is 0. The Kier molecular flexibility index (Phi) is 7.14. The minimum absolute atomic E-state index is 0.288. The summed E-state index contributed by atoms with van der Waals surface area (Å²) >= 11 is 0. The van der Waals surface area contributed by atoms with E-state index in [2.05, 4.69) is 20.8 Å². The lowest BCUT2D eigenvalue weighted by Crippen LogP contribution is -2.34. The average molecular weight is 268 g/mol. The Bertz CT molecular complexity index is 296. The van der Waals surface area contributed by atoms with E-state index in [1.807, 2.05) is 0 Å². The minimum atomic E-state index is -0.288. The molecule has 1 fully saturated rings. The van der Waals surface area contributed by atoms with Gasteiger partial charge >= 0.3 is 5.97 Å². The fourth-order valence-corrected chi connectivity index (χ4v) is 2.82. The van der Waals surface area contributed by atoms with Crippen LogP contribution in [-0.4, -0.2) is 25.3 Å². The molecule has 19 heavy (non-hydrogen) atoms. The van der Waals surface area contributed by atoms with Crippen LogP contribution in [0, 0.1) is 17.8 Å². The maximum Gasteiger partial charge on any atom is 0.330 e. The summed E-state index contributed by atoms with van der Waals surface area (Å²) in [6, 6.07) is 0. The van der Waals surface area contributed by atoms with Gasteiger partial charge in [0, 0.05) is 6.08 Å². The molecule has 3 unspecified atom stereocenters. The molecule has 0 N–H and O–H groups in total. The average Bonchev–Trinajstić information content (AvgIpc) is 2.34. The summed E-state index contributed by atoms with van der Waals surface area (Å²) in [6.07, 6.45) is 7.24. The Morgan fingerprint density at radius 3 is 2.74 bits per heavy atom. The summed E-state index contributed by atoms with van der Waals surface area (Å²) in [5.74, 6) is 1.76. The molecular formula is C16H28O3. The van der Waals surface area contributed by atoms with Gasteiger partial charge in [-0.25, -0.2) is 4.79 Å². The van der Waals surface area contributed by atoms with Gasteiger partial charge in [-0.2, -0.15) is 0 Å². The number of rotatable bonds is 6. The molecule has 0 radical (unpaired) electrons. The zero-order valence-electron chi connectivity index (χ0n) is 12.7. The topological polar surface area (TPSA) is 35.5 Å². The predicted octanol–water partition coefficient (Wildman–Crippen LogP) is 3.58. The van der Waals surface area contributed by atoms with Crippen molar-refractivity contribution in [2.24, 2.45) is 17.8 Å². The van der Waals surface area contributed by atoms with Gasteiger partial charge in [0.05, 0.1) is 19.3 Å². The smallest absolute Gasteiger partial charge is 0.330 e. The summed E-state index contributed by atoms with van der Waals surface area (Å²) in [4.78, 5) is 11.2. The van der Waals surface area contributed by atoms with E-state index in [4.69, 9.17) is 9.47 Å². The maximum atomic E-state index is 11.2. The zero-order valence-corrected chi connectivity index (χ0v) is 12.7. The molecule has 1 aliphatic rings. The Balaban J connectivity index is 2.38. The monoisotopic (exact) mass is 268 g/mol. The molecule has 1 saturated carbocycles. The van der Waals surface area contributed by atoms with E-state index in [-0.39, 0.29) is 5.97 Å². The van der Waals surface area contributed by atoms with Crippen LogP contribution in [0.5, 0.6) is 0 Å². The first-order valence-electron chi connectivity index (χ1n) is 7.49. The number of hydrogen-bond donors (Lipinski definition) is 0. The molecule has 0 aromatic heterocycles. The van der Waals surface area contributed by atoms with E-state index in [0.717, 1.165) is 12.3 Å². The number of hydrogen-bond acceptors (Lipinski definition) is 3. The Morgan fingerprint density at radius 1 is 1.37 bits per heavy atom. The van der Waals surface area contributed by atoms with Crippen molar-refractivity contribution in [1.29, 1.82) is 0 Å². The third-order valence-corrected chi connectivity index (χ3v) is 3.91. The Hall–Kier alpha value is -0.830. The van der Waals surface area contributed by atoms with Gasteiger partial charge < -0.3 is 9.47 Å². The largest absolute Gasteiger partial charge is 0.463 e. The molecular weight excluding hydrogens is 240 g/mol. The van der Waals surface area contributed by atoms with Crippen molar-refractivity contribution in [3.05, 3.63) is 12.2 Å². The predicted molar refractivity (Wildman–Crippen MR) is 76.9 cm³/mol. The van der Waals surface area contributed by atoms with Crippen molar-refractivity contribution in [2.45, 2.75) is 53.1 Å². The molecule has 0 bridgehead atoms. The van der Waals surface area contributed by atoms with Crippen LogP contribution in [0.3, 0.4) is 0 Å². The lowest BCUT2D eigenvalue weighted by atomic mass is 9.75. The number of carbonyl (C=O) groups is 1. The molecule has 1 aliphatic carbocycles. The first-order chi connectivity index (χ1) is 9.04. The fourth-order valence-electron chi connectivity index (χ4n) is 2.82. The first kappa shape index (κ1) is 16.2. The van der Waals surface area contributed by atoms with E-state index in [1.54, 1.807) is 13.0 Å². The van der Waals surface area contributed by atoms with E-state index in [0.29, 0.717) is 31.2 Å². The second-order valence-corrected chi connectivity index (χ2v) is 5.85. The van der Waals surface area contributed by atoms with E-state index < -0.39 is 0 Å². The SMILES string of the molecule is CCOC(=O)/C=C/COC1CC(C)CCC1C(C)C. The van der Waals surface area contributed by atoms with Gasteiger partial charge in [-0.1, -0.05) is 33.3 Å². The Labute approximate surface area is 117 Å². The molecule has 0 heterocycles. The molecule has 1 rings (SSSR count). The van der Waals surface area contributed by atoms with Gasteiger partial charge in [-0.3, -0.25) is 0 Å². The molecule has 0 aromatic rings. The van der Waals surface area contributed by atoms with E-state index >= 15 is 0 Å². The van der Waals surface area contributed by atoms with Crippen LogP contribution < -0.4 is 0 Å². The van der Waals surface area contributed by atoms with Gasteiger partial charge in [-0.15, -0.1) is 0 Å². The zero-order chi connectivity index (χ0) is 14.3. The molecule has 0 spiro atoms. The third-order valence-electron chi connectivity index (χ3n) is 3.91. The highest BCUT2D eigenvalue weighted by Crippen LogP contribution is 2.35. The lowest BCUT2D eigenvalue weighted by molar-refractivity contribution is -0.137. The van der Waals surface area contributed by atoms with Crippen molar-refractivity contribution < 1.29 is 14.3 Å². The number of esters is 1. The van der Waals surface area contributed by atoms with Gasteiger partial charge in [0.15, 0.2) is 0 Å². The van der Waals surface area contributed by atoms with Crippen LogP contribution >= 0.6 is 0 Å². The van der Waals surface area contributed by atoms with Crippen molar-refractivity contribution in [3.63, 3.8) is 0 Å². The second-order valence-electron chi connectivity index (χ2n) is 5.85. The van der Waals surface area contributed by atoms with Crippen molar-refractivity contribution >= 4 is 5.97 Å². The molecule has 0 amide bonds. The summed E-state index contributed by atoms with van der Waals surface area (Å²) in [7, 11) is 0. The molecule has 0 aromatic carbocycles. The highest BCUT2D eigenvalue weighted by atomic mass is 16.5. The lowest BCUT2D eigenvalue weighted by Gasteiger charge is -2.37. The van der Waals surface area contributed by atoms with Crippen LogP contribution in [0.25, 0.3) is 0 Å². The van der Waals surface area contributed by atoms with E-state index in [1.165, 1.54) is 18.9 Å². The highest BCUT2D eigenvalue weighted by molar-refractivity contribution is 5.81. The summed E-state index contributed by atoms with van der Waals surface area (Å²) in [5.41, 5.74) is 0. The molecule has 3 heteroatoms. The minimum Gasteiger partial charge on any atom is -0.463 e. The fraction of sp³-hybridized carbons (Fsp3) is 0.812. The summed E-state index contributed by atoms with van der Waals surface area (Å²) in [6.45, 7) is 9.55. The van der Waals surface area contributed by atoms with Crippen LogP contribution in [0.2, 0.25) is 0 Å². The molecule has 110 valence electrons. The van der Waals surface area contributed by atoms with Gasteiger partial charge in [-0.05, 0) is 37.5 Å². The molecule has 0 saturated heterocycles. The second kappa shape index (κ2) is 8.36. The normalized spacial score (nSPS) is 27.9. The van der Waals surface area contributed by atoms with Gasteiger partial charge in [0.1, 0.15) is 0 Å². The van der Waals surface area contributed by atoms with Crippen molar-refractivity contribution in [1.82, 2.24) is 0 Å². The quantitative estimate of drug-likeness (QED) is 0.545. The molecule has 3 atom stereocenters. The molecule has 3 nitrogen and oxygen atoms in total. The van der Waals surface area contributed by atoms with E-state index in [9.17, 15) is 4.79 Å². The van der Waals surface area contributed by atoms with Crippen molar-refractivity contribution in [3.8, 4) is 0 Å². The van der Waals surface area contributed by atoms with Crippen LogP contribution in [0.15, 0.2) is 12.2 Å². The maximum absolute atomic E-state index is 11.2. The highest BCUT2D eigenvalue weighted by Gasteiger charge is 2.30. The number of carbonyl (C=O) groups excluding carboxylic acids is 1. The summed E-state index contributed by atoms with van der Waals surface area (Å²) < 4.78 is 10.8. The van der Waals surface area contributed by atoms with Gasteiger partial charge in [0.2, 0.25) is 0 Å². The number of ether oxygens (including phenoxy) is 2. The van der Waals surface area contributed by atoms with Crippen LogP contribution in [-0.2, 0) is 14.3 Å². The van der Waals surface area contributed by atoms with Crippen LogP contribution in [0.1, 0.15) is 47.0 Å². The Morgan fingerprint density at radius 2 is 2.11 bits per heavy atom. The van der Waals surface area contributed by atoms with Gasteiger partial charge in [0.25, 0.3) is 0 Å². The standard InChI is InChI=1S/C16H28O3/c1-5-18-16(17)7-6-10-19-15-11-13(4)8-9-14(15)12(2)3/h6-7,12-15H,5,8-11H2,1-4H3/b7-6+. The third kappa shape index (κ3) is 5.77.